The smallest absolute Gasteiger partial charge is 0.303 e. The predicted octanol–water partition coefficient (Wildman–Crippen LogP) is 1.48. The molecular formula is C13H23NO3. The van der Waals surface area contributed by atoms with E-state index in [1.165, 1.54) is 6.42 Å². The topological polar surface area (TPSA) is 60.8 Å². The van der Waals surface area contributed by atoms with E-state index in [-0.39, 0.29) is 12.3 Å². The molecular weight excluding hydrogens is 218 g/mol. The third-order valence-corrected chi connectivity index (χ3v) is 4.14. The van der Waals surface area contributed by atoms with Crippen LogP contribution < -0.4 is 0 Å². The number of β-amino-alcohol motifs (C(OH)–C–C–N with tert-alkyl or cyclic N) is 1. The quantitative estimate of drug-likeness (QED) is 0.782. The number of aliphatic carboxylic acids is 1. The second kappa shape index (κ2) is 5.36. The van der Waals surface area contributed by atoms with Crippen LogP contribution >= 0.6 is 0 Å². The first kappa shape index (κ1) is 12.8. The van der Waals surface area contributed by atoms with Crippen LogP contribution in [0.25, 0.3) is 0 Å². The Bertz CT molecular complexity index is 274. The number of carbonyl (C=O) groups is 1. The van der Waals surface area contributed by atoms with Gasteiger partial charge in [-0.05, 0) is 31.7 Å². The molecule has 0 aromatic heterocycles. The lowest BCUT2D eigenvalue weighted by atomic mass is 9.84. The van der Waals surface area contributed by atoms with E-state index in [1.807, 2.05) is 0 Å². The Hall–Kier alpha value is -0.610. The van der Waals surface area contributed by atoms with E-state index < -0.39 is 11.6 Å². The minimum absolute atomic E-state index is 0.273. The molecule has 0 spiro atoms. The van der Waals surface area contributed by atoms with Crippen LogP contribution in [0.1, 0.15) is 44.9 Å². The third kappa shape index (κ3) is 3.68. The van der Waals surface area contributed by atoms with Crippen molar-refractivity contribution in [3.05, 3.63) is 0 Å². The first-order valence-electron chi connectivity index (χ1n) is 6.74. The molecule has 17 heavy (non-hydrogen) atoms. The molecule has 0 radical (unpaired) electrons. The fourth-order valence-corrected chi connectivity index (χ4v) is 3.25. The predicted molar refractivity (Wildman–Crippen MR) is 64.8 cm³/mol. The SMILES string of the molecule is O=C(O)CC1CCN(CC2(O)CCCCC2)C1. The van der Waals surface area contributed by atoms with Gasteiger partial charge >= 0.3 is 5.97 Å². The van der Waals surface area contributed by atoms with Gasteiger partial charge in [-0.2, -0.15) is 0 Å². The molecule has 1 saturated carbocycles. The van der Waals surface area contributed by atoms with Gasteiger partial charge in [0, 0.05) is 19.5 Å². The molecule has 0 amide bonds. The van der Waals surface area contributed by atoms with Gasteiger partial charge in [0.05, 0.1) is 5.60 Å². The van der Waals surface area contributed by atoms with Crippen molar-refractivity contribution in [2.24, 2.45) is 5.92 Å². The average molecular weight is 241 g/mol. The van der Waals surface area contributed by atoms with Gasteiger partial charge in [0.1, 0.15) is 0 Å². The number of nitrogens with zero attached hydrogens (tertiary/aromatic N) is 1. The van der Waals surface area contributed by atoms with E-state index in [9.17, 15) is 9.90 Å². The zero-order valence-corrected chi connectivity index (χ0v) is 10.4. The van der Waals surface area contributed by atoms with Crippen molar-refractivity contribution < 1.29 is 15.0 Å². The van der Waals surface area contributed by atoms with Crippen LogP contribution in [-0.4, -0.2) is 46.3 Å². The van der Waals surface area contributed by atoms with E-state index >= 15 is 0 Å². The summed E-state index contributed by atoms with van der Waals surface area (Å²) in [6.07, 6.45) is 6.55. The Morgan fingerprint density at radius 2 is 2.00 bits per heavy atom. The summed E-state index contributed by atoms with van der Waals surface area (Å²) in [5.41, 5.74) is -0.504. The van der Waals surface area contributed by atoms with Gasteiger partial charge in [0.2, 0.25) is 0 Å². The molecule has 1 aliphatic carbocycles. The summed E-state index contributed by atoms with van der Waals surface area (Å²) in [7, 11) is 0. The molecule has 98 valence electrons. The highest BCUT2D eigenvalue weighted by Gasteiger charge is 2.34. The Kier molecular flexibility index (Phi) is 4.05. The van der Waals surface area contributed by atoms with Crippen LogP contribution in [0.2, 0.25) is 0 Å². The van der Waals surface area contributed by atoms with E-state index in [0.717, 1.165) is 51.7 Å². The second-order valence-electron chi connectivity index (χ2n) is 5.77. The number of likely N-dealkylation sites (tertiary alicyclic amines) is 1. The molecule has 1 saturated heterocycles. The Morgan fingerprint density at radius 3 is 2.65 bits per heavy atom. The molecule has 2 aliphatic rings. The molecule has 1 heterocycles. The van der Waals surface area contributed by atoms with E-state index in [1.54, 1.807) is 0 Å². The Morgan fingerprint density at radius 1 is 1.29 bits per heavy atom. The largest absolute Gasteiger partial charge is 0.481 e. The van der Waals surface area contributed by atoms with E-state index in [2.05, 4.69) is 4.90 Å². The van der Waals surface area contributed by atoms with Gasteiger partial charge in [0.15, 0.2) is 0 Å². The van der Waals surface area contributed by atoms with E-state index in [0.29, 0.717) is 0 Å². The van der Waals surface area contributed by atoms with Crippen molar-refractivity contribution in [1.82, 2.24) is 4.90 Å². The zero-order chi connectivity index (χ0) is 12.3. The molecule has 2 fully saturated rings. The minimum Gasteiger partial charge on any atom is -0.481 e. The molecule has 0 aromatic rings. The minimum atomic E-state index is -0.701. The van der Waals surface area contributed by atoms with Crippen LogP contribution in [0.4, 0.5) is 0 Å². The van der Waals surface area contributed by atoms with Crippen molar-refractivity contribution in [3.63, 3.8) is 0 Å². The fraction of sp³-hybridized carbons (Fsp3) is 0.923. The first-order chi connectivity index (χ1) is 8.07. The van der Waals surface area contributed by atoms with Crippen molar-refractivity contribution in [3.8, 4) is 0 Å². The molecule has 4 heteroatoms. The molecule has 1 atom stereocenters. The number of aliphatic hydroxyl groups is 1. The highest BCUT2D eigenvalue weighted by molar-refractivity contribution is 5.67. The zero-order valence-electron chi connectivity index (χ0n) is 10.4. The van der Waals surface area contributed by atoms with Gasteiger partial charge in [-0.3, -0.25) is 4.79 Å². The van der Waals surface area contributed by atoms with Crippen molar-refractivity contribution in [2.75, 3.05) is 19.6 Å². The average Bonchev–Trinajstić information content (AvgIpc) is 2.64. The highest BCUT2D eigenvalue weighted by atomic mass is 16.4. The van der Waals surface area contributed by atoms with Gasteiger partial charge in [0.25, 0.3) is 0 Å². The summed E-state index contributed by atoms with van der Waals surface area (Å²) in [5, 5.41) is 19.2. The summed E-state index contributed by atoms with van der Waals surface area (Å²) >= 11 is 0. The maximum Gasteiger partial charge on any atom is 0.303 e. The maximum absolute atomic E-state index is 10.6. The molecule has 1 unspecified atom stereocenters. The lowest BCUT2D eigenvalue weighted by Crippen LogP contribution is -2.43. The summed E-state index contributed by atoms with van der Waals surface area (Å²) in [6.45, 7) is 2.53. The third-order valence-electron chi connectivity index (χ3n) is 4.14. The highest BCUT2D eigenvalue weighted by Crippen LogP contribution is 2.30. The summed E-state index contributed by atoms with van der Waals surface area (Å²) in [5.74, 6) is -0.423. The summed E-state index contributed by atoms with van der Waals surface area (Å²) in [4.78, 5) is 12.9. The molecule has 1 aliphatic heterocycles. The number of rotatable bonds is 4. The van der Waals surface area contributed by atoms with Crippen molar-refractivity contribution >= 4 is 5.97 Å². The first-order valence-corrected chi connectivity index (χ1v) is 6.74. The van der Waals surface area contributed by atoms with Gasteiger partial charge in [-0.25, -0.2) is 0 Å². The Balaban J connectivity index is 1.78. The van der Waals surface area contributed by atoms with Crippen LogP contribution in [0.5, 0.6) is 0 Å². The lowest BCUT2D eigenvalue weighted by Gasteiger charge is -2.35. The van der Waals surface area contributed by atoms with Crippen LogP contribution in [0.3, 0.4) is 0 Å². The number of carboxylic acids is 1. The number of hydrogen-bond donors (Lipinski definition) is 2. The van der Waals surface area contributed by atoms with Gasteiger partial charge in [-0.15, -0.1) is 0 Å². The van der Waals surface area contributed by atoms with Crippen molar-refractivity contribution in [2.45, 2.75) is 50.5 Å². The molecule has 0 bridgehead atoms. The molecule has 4 nitrogen and oxygen atoms in total. The molecule has 0 aromatic carbocycles. The van der Waals surface area contributed by atoms with Crippen molar-refractivity contribution in [1.29, 1.82) is 0 Å². The monoisotopic (exact) mass is 241 g/mol. The maximum atomic E-state index is 10.6. The van der Waals surface area contributed by atoms with Crippen LogP contribution in [-0.2, 0) is 4.79 Å². The van der Waals surface area contributed by atoms with Crippen LogP contribution in [0, 0.1) is 5.92 Å². The normalized spacial score (nSPS) is 29.4. The molecule has 2 rings (SSSR count). The Labute approximate surface area is 103 Å². The second-order valence-corrected chi connectivity index (χ2v) is 5.77. The van der Waals surface area contributed by atoms with Gasteiger partial charge in [-0.1, -0.05) is 19.3 Å². The standard InChI is InChI=1S/C13H23NO3/c15-12(16)8-11-4-7-14(9-11)10-13(17)5-2-1-3-6-13/h11,17H,1-10H2,(H,15,16). The summed E-state index contributed by atoms with van der Waals surface area (Å²) in [6, 6.07) is 0. The fourth-order valence-electron chi connectivity index (χ4n) is 3.25. The van der Waals surface area contributed by atoms with Crippen LogP contribution in [0.15, 0.2) is 0 Å². The summed E-state index contributed by atoms with van der Waals surface area (Å²) < 4.78 is 0. The number of hydrogen-bond acceptors (Lipinski definition) is 3. The number of carboxylic acid groups (broad SMARTS) is 1. The molecule has 2 N–H and O–H groups in total. The van der Waals surface area contributed by atoms with E-state index in [4.69, 9.17) is 5.11 Å². The lowest BCUT2D eigenvalue weighted by molar-refractivity contribution is -0.138. The van der Waals surface area contributed by atoms with Gasteiger partial charge < -0.3 is 15.1 Å².